The number of halogens is 2. The van der Waals surface area contributed by atoms with Crippen LogP contribution in [0.5, 0.6) is 0 Å². The smallest absolute Gasteiger partial charge is 0.254 e. The molecular weight excluding hydrogens is 489 g/mol. The lowest BCUT2D eigenvalue weighted by atomic mass is 9.63. The molecule has 0 spiro atoms. The van der Waals surface area contributed by atoms with Crippen LogP contribution in [0.25, 0.3) is 0 Å². The van der Waals surface area contributed by atoms with Crippen LogP contribution in [0.2, 0.25) is 5.02 Å². The second-order valence-electron chi connectivity index (χ2n) is 11.3. The minimum atomic E-state index is -0.445. The van der Waals surface area contributed by atoms with Crippen molar-refractivity contribution in [3.8, 4) is 0 Å². The van der Waals surface area contributed by atoms with Crippen LogP contribution in [0.3, 0.4) is 0 Å². The van der Waals surface area contributed by atoms with E-state index in [9.17, 15) is 14.0 Å². The molecule has 0 bridgehead atoms. The Balaban J connectivity index is 1.14. The van der Waals surface area contributed by atoms with Crippen molar-refractivity contribution in [2.75, 3.05) is 45.2 Å². The molecule has 3 fully saturated rings. The number of likely N-dealkylation sites (tertiary alicyclic amines) is 1. The van der Waals surface area contributed by atoms with Crippen molar-refractivity contribution in [3.63, 3.8) is 0 Å². The highest BCUT2D eigenvalue weighted by atomic mass is 35.5. The van der Waals surface area contributed by atoms with Crippen molar-refractivity contribution in [1.82, 2.24) is 9.80 Å². The second kappa shape index (κ2) is 10.6. The maximum absolute atomic E-state index is 13.6. The van der Waals surface area contributed by atoms with Gasteiger partial charge in [0.05, 0.1) is 16.0 Å². The number of carbonyl (C=O) groups is 2. The number of benzene rings is 2. The van der Waals surface area contributed by atoms with Gasteiger partial charge in [-0.1, -0.05) is 30.2 Å². The second-order valence-corrected chi connectivity index (χ2v) is 11.7. The lowest BCUT2D eigenvalue weighted by Gasteiger charge is -2.47. The van der Waals surface area contributed by atoms with Crippen molar-refractivity contribution in [2.24, 2.45) is 11.8 Å². The molecule has 2 heterocycles. The molecule has 1 saturated carbocycles. The summed E-state index contributed by atoms with van der Waals surface area (Å²) in [6, 6.07) is 12.3. The van der Waals surface area contributed by atoms with E-state index in [2.05, 4.69) is 9.80 Å². The number of piperidine rings is 2. The van der Waals surface area contributed by atoms with Crippen LogP contribution >= 0.6 is 11.6 Å². The van der Waals surface area contributed by atoms with Gasteiger partial charge in [0, 0.05) is 46.0 Å². The Bertz CT molecular complexity index is 1130. The Labute approximate surface area is 224 Å². The normalized spacial score (nSPS) is 20.4. The molecule has 5 rings (SSSR count). The number of hydrogen-bond donors (Lipinski definition) is 0. The highest BCUT2D eigenvalue weighted by molar-refractivity contribution is 6.34. The Morgan fingerprint density at radius 1 is 0.919 bits per heavy atom. The summed E-state index contributed by atoms with van der Waals surface area (Å²) in [5, 5.41) is 0.500. The average molecular weight is 526 g/mol. The highest BCUT2D eigenvalue weighted by Crippen LogP contribution is 2.46. The largest absolute Gasteiger partial charge is 0.371 e. The summed E-state index contributed by atoms with van der Waals surface area (Å²) in [5.74, 6) is 1.23. The van der Waals surface area contributed by atoms with Crippen LogP contribution in [0.15, 0.2) is 42.5 Å². The van der Waals surface area contributed by atoms with Crippen molar-refractivity contribution >= 4 is 29.1 Å². The summed E-state index contributed by atoms with van der Waals surface area (Å²) in [6.45, 7) is 3.61. The fourth-order valence-corrected chi connectivity index (χ4v) is 6.80. The van der Waals surface area contributed by atoms with Crippen molar-refractivity contribution in [2.45, 2.75) is 50.4 Å². The Morgan fingerprint density at radius 2 is 1.51 bits per heavy atom. The van der Waals surface area contributed by atoms with E-state index < -0.39 is 5.41 Å². The number of rotatable bonds is 5. The summed E-state index contributed by atoms with van der Waals surface area (Å²) in [6.07, 6.45) is 7.17. The molecule has 0 unspecified atom stereocenters. The monoisotopic (exact) mass is 525 g/mol. The van der Waals surface area contributed by atoms with E-state index in [0.29, 0.717) is 22.4 Å². The number of carbonyl (C=O) groups excluding carboxylic acids is 2. The third-order valence-electron chi connectivity index (χ3n) is 9.00. The molecule has 5 nitrogen and oxygen atoms in total. The van der Waals surface area contributed by atoms with E-state index >= 15 is 0 Å². The van der Waals surface area contributed by atoms with Gasteiger partial charge in [0.1, 0.15) is 5.82 Å². The average Bonchev–Trinajstić information content (AvgIpc) is 2.89. The van der Waals surface area contributed by atoms with Crippen LogP contribution in [-0.4, -0.2) is 61.9 Å². The molecule has 0 radical (unpaired) electrons. The van der Waals surface area contributed by atoms with Crippen LogP contribution in [0, 0.1) is 17.7 Å². The molecule has 198 valence electrons. The number of hydrogen-bond acceptors (Lipinski definition) is 3. The third-order valence-corrected chi connectivity index (χ3v) is 9.31. The van der Waals surface area contributed by atoms with E-state index in [1.807, 2.05) is 18.2 Å². The molecule has 0 atom stereocenters. The Hall–Kier alpha value is -2.60. The lowest BCUT2D eigenvalue weighted by molar-refractivity contribution is -0.142. The summed E-state index contributed by atoms with van der Waals surface area (Å²) in [4.78, 5) is 31.9. The van der Waals surface area contributed by atoms with Gasteiger partial charge in [-0.3, -0.25) is 9.59 Å². The quantitative estimate of drug-likeness (QED) is 0.498. The fraction of sp³-hybridized carbons (Fsp3) is 0.533. The van der Waals surface area contributed by atoms with Gasteiger partial charge < -0.3 is 14.7 Å². The maximum Gasteiger partial charge on any atom is 0.254 e. The van der Waals surface area contributed by atoms with Gasteiger partial charge in [-0.15, -0.1) is 0 Å². The van der Waals surface area contributed by atoms with Crippen LogP contribution < -0.4 is 4.90 Å². The molecule has 0 aromatic heterocycles. The molecule has 2 amide bonds. The van der Waals surface area contributed by atoms with E-state index in [0.717, 1.165) is 82.4 Å². The summed E-state index contributed by atoms with van der Waals surface area (Å²) in [5.41, 5.74) is 2.14. The third kappa shape index (κ3) is 5.09. The maximum atomic E-state index is 13.6. The summed E-state index contributed by atoms with van der Waals surface area (Å²) >= 11 is 6.45. The Kier molecular flexibility index (Phi) is 7.49. The first-order chi connectivity index (χ1) is 17.8. The lowest BCUT2D eigenvalue weighted by Crippen LogP contribution is -2.53. The molecule has 2 saturated heterocycles. The highest BCUT2D eigenvalue weighted by Gasteiger charge is 2.48. The van der Waals surface area contributed by atoms with Gasteiger partial charge in [0.15, 0.2) is 0 Å². The van der Waals surface area contributed by atoms with Crippen molar-refractivity contribution < 1.29 is 14.0 Å². The molecule has 37 heavy (non-hydrogen) atoms. The number of nitrogens with zero attached hydrogens (tertiary/aromatic N) is 3. The van der Waals surface area contributed by atoms with E-state index in [4.69, 9.17) is 11.6 Å². The first kappa shape index (κ1) is 26.0. The molecular formula is C30H37ClFN3O2. The first-order valence-corrected chi connectivity index (χ1v) is 14.0. The van der Waals surface area contributed by atoms with Crippen LogP contribution in [0.4, 0.5) is 10.1 Å². The van der Waals surface area contributed by atoms with Gasteiger partial charge >= 0.3 is 0 Å². The summed E-state index contributed by atoms with van der Waals surface area (Å²) < 4.78 is 13.5. The first-order valence-electron chi connectivity index (χ1n) is 13.6. The molecule has 2 aromatic rings. The van der Waals surface area contributed by atoms with E-state index in [-0.39, 0.29) is 17.6 Å². The summed E-state index contributed by atoms with van der Waals surface area (Å²) in [7, 11) is 3.46. The Morgan fingerprint density at radius 3 is 2.03 bits per heavy atom. The standard InChI is InChI=1S/C30H37ClFN3O2/c1-33(2)28(36)26-9-8-25(20-27(26)31)34-16-10-21(11-17-34)22-12-18-35(19-13-22)29(37)30(14-3-15-30)23-4-6-24(32)7-5-23/h4-9,20-22H,3,10-19H2,1-2H3. The van der Waals surface area contributed by atoms with Crippen LogP contribution in [0.1, 0.15) is 60.9 Å². The minimum Gasteiger partial charge on any atom is -0.371 e. The van der Waals surface area contributed by atoms with E-state index in [1.54, 1.807) is 31.1 Å². The topological polar surface area (TPSA) is 43.9 Å². The predicted octanol–water partition coefficient (Wildman–Crippen LogP) is 5.76. The molecule has 3 aliphatic rings. The number of anilines is 1. The molecule has 7 heteroatoms. The molecule has 1 aliphatic carbocycles. The van der Waals surface area contributed by atoms with E-state index in [1.165, 1.54) is 12.1 Å². The molecule has 2 aliphatic heterocycles. The SMILES string of the molecule is CN(C)C(=O)c1ccc(N2CCC(C3CCN(C(=O)C4(c5ccc(F)cc5)CCC4)CC3)CC2)cc1Cl. The van der Waals surface area contributed by atoms with Gasteiger partial charge in [-0.2, -0.15) is 0 Å². The minimum absolute atomic E-state index is 0.0824. The van der Waals surface area contributed by atoms with Crippen molar-refractivity contribution in [3.05, 3.63) is 64.4 Å². The zero-order valence-electron chi connectivity index (χ0n) is 21.9. The van der Waals surface area contributed by atoms with Crippen LogP contribution in [-0.2, 0) is 10.2 Å². The molecule has 0 N–H and O–H groups in total. The zero-order chi connectivity index (χ0) is 26.2. The van der Waals surface area contributed by atoms with Gasteiger partial charge in [-0.25, -0.2) is 4.39 Å². The number of amides is 2. The fourth-order valence-electron chi connectivity index (χ4n) is 6.55. The zero-order valence-corrected chi connectivity index (χ0v) is 22.6. The van der Waals surface area contributed by atoms with Crippen molar-refractivity contribution in [1.29, 1.82) is 0 Å². The molecule has 2 aromatic carbocycles. The van der Waals surface area contributed by atoms with Gasteiger partial charge in [0.2, 0.25) is 5.91 Å². The van der Waals surface area contributed by atoms with Gasteiger partial charge in [0.25, 0.3) is 5.91 Å². The predicted molar refractivity (Wildman–Crippen MR) is 146 cm³/mol. The van der Waals surface area contributed by atoms with Gasteiger partial charge in [-0.05, 0) is 86.3 Å².